The van der Waals surface area contributed by atoms with Gasteiger partial charge in [0.2, 0.25) is 0 Å². The summed E-state index contributed by atoms with van der Waals surface area (Å²) in [7, 11) is 0. The Morgan fingerprint density at radius 1 is 1.00 bits per heavy atom. The molecule has 0 fully saturated rings. The molecule has 0 aliphatic heterocycles. The van der Waals surface area contributed by atoms with Crippen LogP contribution in [0.1, 0.15) is 13.8 Å². The molecule has 0 aliphatic carbocycles. The van der Waals surface area contributed by atoms with Crippen LogP contribution >= 0.6 is 0 Å². The summed E-state index contributed by atoms with van der Waals surface area (Å²) in [6.45, 7) is 2.81. The van der Waals surface area contributed by atoms with Crippen molar-refractivity contribution in [2.45, 2.75) is 13.8 Å². The lowest BCUT2D eigenvalue weighted by Gasteiger charge is -1.95. The Labute approximate surface area is 70.2 Å². The minimum atomic E-state index is -1.04. The van der Waals surface area contributed by atoms with Crippen LogP contribution in [0.15, 0.2) is 0 Å². The van der Waals surface area contributed by atoms with Gasteiger partial charge in [-0.2, -0.15) is 0 Å². The average molecular weight is 170 g/mol. The number of carboxylic acids is 2. The minimum Gasteiger partial charge on any atom is -0.480 e. The lowest BCUT2D eigenvalue weighted by atomic mass is 10.1. The Morgan fingerprint density at radius 3 is 1.42 bits per heavy atom. The molecule has 0 radical (unpaired) electrons. The van der Waals surface area contributed by atoms with Crippen molar-refractivity contribution in [1.29, 1.82) is 0 Å². The summed E-state index contributed by atoms with van der Waals surface area (Å²) in [5.74, 6) is 0.956. The molecule has 0 bridgehead atoms. The van der Waals surface area contributed by atoms with Crippen LogP contribution in [-0.4, -0.2) is 22.2 Å². The summed E-state index contributed by atoms with van der Waals surface area (Å²) in [5.41, 5.74) is 0. The van der Waals surface area contributed by atoms with Gasteiger partial charge >= 0.3 is 11.9 Å². The van der Waals surface area contributed by atoms with E-state index in [1.54, 1.807) is 0 Å². The molecular weight excluding hydrogens is 160 g/mol. The van der Waals surface area contributed by atoms with E-state index in [1.807, 2.05) is 0 Å². The average Bonchev–Trinajstić information content (AvgIpc) is 1.98. The zero-order valence-corrected chi connectivity index (χ0v) is 6.87. The SMILES string of the molecule is CC(C#CC(C)C(=O)O)C(=O)O. The highest BCUT2D eigenvalue weighted by atomic mass is 16.4. The second-order valence-electron chi connectivity index (χ2n) is 2.41. The molecule has 0 aromatic rings. The molecule has 0 aliphatic rings. The molecule has 0 saturated heterocycles. The fourth-order valence-electron chi connectivity index (χ4n) is 0.373. The van der Waals surface area contributed by atoms with Crippen LogP contribution in [0.25, 0.3) is 0 Å². The maximum absolute atomic E-state index is 10.2. The molecule has 4 nitrogen and oxygen atoms in total. The number of hydrogen-bond acceptors (Lipinski definition) is 2. The zero-order chi connectivity index (χ0) is 9.72. The van der Waals surface area contributed by atoms with Gasteiger partial charge in [0, 0.05) is 0 Å². The second-order valence-corrected chi connectivity index (χ2v) is 2.41. The van der Waals surface area contributed by atoms with E-state index in [-0.39, 0.29) is 0 Å². The third kappa shape index (κ3) is 3.62. The Bertz CT molecular complexity index is 222. The molecule has 0 rings (SSSR count). The van der Waals surface area contributed by atoms with Gasteiger partial charge in [-0.1, -0.05) is 11.8 Å². The first kappa shape index (κ1) is 10.5. The summed E-state index contributed by atoms with van der Waals surface area (Å²) < 4.78 is 0. The van der Waals surface area contributed by atoms with E-state index >= 15 is 0 Å². The van der Waals surface area contributed by atoms with Gasteiger partial charge in [0.25, 0.3) is 0 Å². The Morgan fingerprint density at radius 2 is 1.25 bits per heavy atom. The van der Waals surface area contributed by atoms with Gasteiger partial charge in [0.15, 0.2) is 0 Å². The molecule has 0 aromatic carbocycles. The maximum Gasteiger partial charge on any atom is 0.318 e. The van der Waals surface area contributed by atoms with Crippen LogP contribution < -0.4 is 0 Å². The van der Waals surface area contributed by atoms with Crippen molar-refractivity contribution in [2.75, 3.05) is 0 Å². The first-order valence-electron chi connectivity index (χ1n) is 3.41. The van der Waals surface area contributed by atoms with Gasteiger partial charge in [0.1, 0.15) is 11.8 Å². The quantitative estimate of drug-likeness (QED) is 0.589. The maximum atomic E-state index is 10.2. The third-order valence-electron chi connectivity index (χ3n) is 1.26. The van der Waals surface area contributed by atoms with E-state index in [0.717, 1.165) is 0 Å². The van der Waals surface area contributed by atoms with Crippen LogP contribution in [0.3, 0.4) is 0 Å². The van der Waals surface area contributed by atoms with Crippen LogP contribution in [0, 0.1) is 23.7 Å². The Hall–Kier alpha value is -1.50. The first-order chi connectivity index (χ1) is 5.45. The Kier molecular flexibility index (Phi) is 3.84. The van der Waals surface area contributed by atoms with Gasteiger partial charge in [-0.05, 0) is 13.8 Å². The van der Waals surface area contributed by atoms with E-state index < -0.39 is 23.8 Å². The van der Waals surface area contributed by atoms with Crippen LogP contribution in [-0.2, 0) is 9.59 Å². The van der Waals surface area contributed by atoms with Crippen LogP contribution in [0.5, 0.6) is 0 Å². The fourth-order valence-corrected chi connectivity index (χ4v) is 0.373. The van der Waals surface area contributed by atoms with Crippen molar-refractivity contribution < 1.29 is 19.8 Å². The standard InChI is InChI=1S/C8H10O4/c1-5(7(9)10)3-4-6(2)8(11)12/h5-6H,1-2H3,(H,9,10)(H,11,12). The zero-order valence-electron chi connectivity index (χ0n) is 6.87. The van der Waals surface area contributed by atoms with Gasteiger partial charge in [-0.15, -0.1) is 0 Å². The number of carbonyl (C=O) groups is 2. The summed E-state index contributed by atoms with van der Waals surface area (Å²) in [5, 5.41) is 16.8. The van der Waals surface area contributed by atoms with E-state index in [9.17, 15) is 9.59 Å². The Balaban J connectivity index is 4.21. The minimum absolute atomic E-state index is 0.813. The topological polar surface area (TPSA) is 74.6 Å². The van der Waals surface area contributed by atoms with Gasteiger partial charge in [0.05, 0.1) is 0 Å². The predicted molar refractivity (Wildman–Crippen MR) is 41.4 cm³/mol. The fraction of sp³-hybridized carbons (Fsp3) is 0.500. The largest absolute Gasteiger partial charge is 0.480 e. The van der Waals surface area contributed by atoms with Crippen LogP contribution in [0.4, 0.5) is 0 Å². The number of aliphatic carboxylic acids is 2. The van der Waals surface area contributed by atoms with Crippen molar-refractivity contribution >= 4 is 11.9 Å². The van der Waals surface area contributed by atoms with Crippen LogP contribution in [0.2, 0.25) is 0 Å². The van der Waals surface area contributed by atoms with E-state index in [4.69, 9.17) is 10.2 Å². The molecule has 66 valence electrons. The highest BCUT2D eigenvalue weighted by Gasteiger charge is 2.09. The molecule has 2 N–H and O–H groups in total. The van der Waals surface area contributed by atoms with Crippen molar-refractivity contribution in [3.8, 4) is 11.8 Å². The molecule has 0 amide bonds. The summed E-state index contributed by atoms with van der Waals surface area (Å²) in [4.78, 5) is 20.5. The lowest BCUT2D eigenvalue weighted by molar-refractivity contribution is -0.140. The third-order valence-corrected chi connectivity index (χ3v) is 1.26. The number of rotatable bonds is 2. The summed E-state index contributed by atoms with van der Waals surface area (Å²) in [6, 6.07) is 0. The predicted octanol–water partition coefficient (Wildman–Crippen LogP) is 0.431. The highest BCUT2D eigenvalue weighted by molar-refractivity contribution is 5.75. The van der Waals surface area contributed by atoms with Crippen molar-refractivity contribution in [1.82, 2.24) is 0 Å². The van der Waals surface area contributed by atoms with E-state index in [1.165, 1.54) is 13.8 Å². The summed E-state index contributed by atoms with van der Waals surface area (Å²) >= 11 is 0. The molecule has 2 atom stereocenters. The first-order valence-corrected chi connectivity index (χ1v) is 3.41. The molecule has 0 aromatic heterocycles. The van der Waals surface area contributed by atoms with Gasteiger partial charge in [-0.25, -0.2) is 0 Å². The molecular formula is C8H10O4. The number of carboxylic acid groups (broad SMARTS) is 2. The second kappa shape index (κ2) is 4.39. The smallest absolute Gasteiger partial charge is 0.318 e. The monoisotopic (exact) mass is 170 g/mol. The molecule has 12 heavy (non-hydrogen) atoms. The molecule has 0 heterocycles. The lowest BCUT2D eigenvalue weighted by Crippen LogP contribution is -2.10. The summed E-state index contributed by atoms with van der Waals surface area (Å²) in [6.07, 6.45) is 0. The van der Waals surface area contributed by atoms with E-state index in [2.05, 4.69) is 11.8 Å². The highest BCUT2D eigenvalue weighted by Crippen LogP contribution is 1.95. The number of hydrogen-bond donors (Lipinski definition) is 2. The molecule has 0 saturated carbocycles. The van der Waals surface area contributed by atoms with Crippen molar-refractivity contribution in [3.05, 3.63) is 0 Å². The van der Waals surface area contributed by atoms with Gasteiger partial charge in [-0.3, -0.25) is 9.59 Å². The molecule has 0 spiro atoms. The van der Waals surface area contributed by atoms with E-state index in [0.29, 0.717) is 0 Å². The van der Waals surface area contributed by atoms with Crippen molar-refractivity contribution in [2.24, 2.45) is 11.8 Å². The van der Waals surface area contributed by atoms with Gasteiger partial charge < -0.3 is 10.2 Å². The molecule has 2 unspecified atom stereocenters. The normalized spacial score (nSPS) is 13.8. The van der Waals surface area contributed by atoms with Crippen molar-refractivity contribution in [3.63, 3.8) is 0 Å². The molecule has 4 heteroatoms.